The maximum atomic E-state index is 12.2. The maximum Gasteiger partial charge on any atom is 0.326 e. The van der Waals surface area contributed by atoms with Crippen molar-refractivity contribution in [2.75, 3.05) is 19.8 Å². The van der Waals surface area contributed by atoms with Gasteiger partial charge in [0, 0.05) is 23.4 Å². The first-order valence-electron chi connectivity index (χ1n) is 8.50. The standard InChI is InChI=1S/C18H21N3O5/c22-15(21-16(18(24)25)12-5-3-7-26-10-12)9-19-17(23)14-8-11-4-1-2-6-13(11)20-14/h1-2,4,6,8,12,16,20H,3,5,7,9-10H2,(H,19,23)(H,21,22)(H,24,25). The minimum atomic E-state index is -1.10. The molecule has 0 aliphatic carbocycles. The lowest BCUT2D eigenvalue weighted by atomic mass is 9.93. The summed E-state index contributed by atoms with van der Waals surface area (Å²) >= 11 is 0. The molecule has 0 saturated carbocycles. The van der Waals surface area contributed by atoms with E-state index in [9.17, 15) is 19.5 Å². The van der Waals surface area contributed by atoms with Gasteiger partial charge in [0.1, 0.15) is 11.7 Å². The Kier molecular flexibility index (Phi) is 5.52. The summed E-state index contributed by atoms with van der Waals surface area (Å²) in [5.41, 5.74) is 1.17. The molecule has 2 unspecified atom stereocenters. The van der Waals surface area contributed by atoms with E-state index in [-0.39, 0.29) is 12.5 Å². The number of hydrogen-bond donors (Lipinski definition) is 4. The van der Waals surface area contributed by atoms with Crippen molar-refractivity contribution in [1.82, 2.24) is 15.6 Å². The zero-order valence-corrected chi connectivity index (χ0v) is 14.2. The number of nitrogens with one attached hydrogen (secondary N) is 3. The molecule has 0 bridgehead atoms. The molecule has 3 rings (SSSR count). The second kappa shape index (κ2) is 8.01. The SMILES string of the molecule is O=C(CNC(=O)c1cc2ccccc2[nH]1)NC(C(=O)O)C1CCCOC1. The number of carboxylic acid groups (broad SMARTS) is 1. The first-order valence-corrected chi connectivity index (χ1v) is 8.50. The third-order valence-corrected chi connectivity index (χ3v) is 4.43. The number of carbonyl (C=O) groups is 3. The first kappa shape index (κ1) is 17.9. The number of carboxylic acids is 1. The monoisotopic (exact) mass is 359 g/mol. The summed E-state index contributed by atoms with van der Waals surface area (Å²) in [4.78, 5) is 38.7. The third-order valence-electron chi connectivity index (χ3n) is 4.43. The average molecular weight is 359 g/mol. The number of carbonyl (C=O) groups excluding carboxylic acids is 2. The minimum Gasteiger partial charge on any atom is -0.480 e. The normalized spacial score (nSPS) is 18.2. The Morgan fingerprint density at radius 3 is 2.81 bits per heavy atom. The Labute approximate surface area is 149 Å². The van der Waals surface area contributed by atoms with Gasteiger partial charge < -0.3 is 25.5 Å². The number of ether oxygens (including phenoxy) is 1. The Bertz CT molecular complexity index is 777. The molecule has 2 heterocycles. The molecule has 4 N–H and O–H groups in total. The summed E-state index contributed by atoms with van der Waals surface area (Å²) in [6.45, 7) is 0.613. The molecule has 1 aromatic carbocycles. The van der Waals surface area contributed by atoms with Crippen molar-refractivity contribution in [1.29, 1.82) is 0 Å². The molecule has 2 amide bonds. The highest BCUT2D eigenvalue weighted by Gasteiger charge is 2.31. The fourth-order valence-corrected chi connectivity index (χ4v) is 3.09. The van der Waals surface area contributed by atoms with Gasteiger partial charge in [-0.05, 0) is 25.0 Å². The van der Waals surface area contributed by atoms with Crippen LogP contribution in [-0.2, 0) is 14.3 Å². The van der Waals surface area contributed by atoms with Crippen LogP contribution in [0.15, 0.2) is 30.3 Å². The van der Waals surface area contributed by atoms with Crippen LogP contribution in [0.5, 0.6) is 0 Å². The summed E-state index contributed by atoms with van der Waals surface area (Å²) in [6.07, 6.45) is 1.44. The first-order chi connectivity index (χ1) is 12.5. The number of hydrogen-bond acceptors (Lipinski definition) is 4. The van der Waals surface area contributed by atoms with E-state index in [1.54, 1.807) is 6.07 Å². The summed E-state index contributed by atoms with van der Waals surface area (Å²) in [7, 11) is 0. The van der Waals surface area contributed by atoms with Gasteiger partial charge >= 0.3 is 5.97 Å². The number of benzene rings is 1. The largest absolute Gasteiger partial charge is 0.480 e. The number of fused-ring (bicyclic) bond motifs is 1. The summed E-state index contributed by atoms with van der Waals surface area (Å²) in [6, 6.07) is 8.12. The van der Waals surface area contributed by atoms with E-state index in [1.807, 2.05) is 24.3 Å². The van der Waals surface area contributed by atoms with Crippen molar-refractivity contribution in [2.45, 2.75) is 18.9 Å². The van der Waals surface area contributed by atoms with Crippen molar-refractivity contribution >= 4 is 28.7 Å². The van der Waals surface area contributed by atoms with E-state index in [2.05, 4.69) is 15.6 Å². The highest BCUT2D eigenvalue weighted by Crippen LogP contribution is 2.18. The van der Waals surface area contributed by atoms with Crippen molar-refractivity contribution in [3.63, 3.8) is 0 Å². The quantitative estimate of drug-likeness (QED) is 0.611. The molecular weight excluding hydrogens is 338 g/mol. The Hall–Kier alpha value is -2.87. The van der Waals surface area contributed by atoms with E-state index in [1.165, 1.54) is 0 Å². The number of amides is 2. The Balaban J connectivity index is 1.55. The fourth-order valence-electron chi connectivity index (χ4n) is 3.09. The van der Waals surface area contributed by atoms with Crippen molar-refractivity contribution in [3.8, 4) is 0 Å². The molecule has 8 heteroatoms. The van der Waals surface area contributed by atoms with Gasteiger partial charge in [0.25, 0.3) is 5.91 Å². The van der Waals surface area contributed by atoms with Crippen LogP contribution in [-0.4, -0.2) is 53.7 Å². The lowest BCUT2D eigenvalue weighted by Gasteiger charge is -2.28. The number of para-hydroxylation sites is 1. The van der Waals surface area contributed by atoms with Crippen LogP contribution < -0.4 is 10.6 Å². The van der Waals surface area contributed by atoms with Crippen LogP contribution in [0.3, 0.4) is 0 Å². The molecule has 1 aromatic heterocycles. The van der Waals surface area contributed by atoms with Gasteiger partial charge in [-0.3, -0.25) is 9.59 Å². The van der Waals surface area contributed by atoms with Crippen LogP contribution in [0.25, 0.3) is 10.9 Å². The van der Waals surface area contributed by atoms with Crippen LogP contribution >= 0.6 is 0 Å². The number of rotatable bonds is 6. The molecule has 1 saturated heterocycles. The van der Waals surface area contributed by atoms with Gasteiger partial charge in [-0.2, -0.15) is 0 Å². The summed E-state index contributed by atoms with van der Waals surface area (Å²) in [5.74, 6) is -2.35. The molecule has 2 aromatic rings. The van der Waals surface area contributed by atoms with E-state index in [4.69, 9.17) is 4.74 Å². The molecule has 1 fully saturated rings. The molecule has 0 spiro atoms. The number of aliphatic carboxylic acids is 1. The second-order valence-electron chi connectivity index (χ2n) is 6.31. The number of aromatic amines is 1. The zero-order valence-electron chi connectivity index (χ0n) is 14.2. The Morgan fingerprint density at radius 2 is 2.12 bits per heavy atom. The Morgan fingerprint density at radius 1 is 1.31 bits per heavy atom. The van der Waals surface area contributed by atoms with Gasteiger partial charge in [0.05, 0.1) is 13.2 Å². The maximum absolute atomic E-state index is 12.2. The predicted molar refractivity (Wildman–Crippen MR) is 93.7 cm³/mol. The van der Waals surface area contributed by atoms with Gasteiger partial charge in [-0.25, -0.2) is 4.79 Å². The van der Waals surface area contributed by atoms with Crippen molar-refractivity contribution in [2.24, 2.45) is 5.92 Å². The smallest absolute Gasteiger partial charge is 0.326 e. The van der Waals surface area contributed by atoms with Crippen LogP contribution in [0.2, 0.25) is 0 Å². The molecule has 1 aliphatic heterocycles. The lowest BCUT2D eigenvalue weighted by Crippen LogP contribution is -2.51. The van der Waals surface area contributed by atoms with Gasteiger partial charge in [-0.1, -0.05) is 18.2 Å². The molecule has 0 radical (unpaired) electrons. The average Bonchev–Trinajstić information content (AvgIpc) is 3.09. The molecule has 8 nitrogen and oxygen atoms in total. The van der Waals surface area contributed by atoms with Crippen molar-refractivity contribution in [3.05, 3.63) is 36.0 Å². The van der Waals surface area contributed by atoms with Crippen LogP contribution in [0.1, 0.15) is 23.3 Å². The van der Waals surface area contributed by atoms with E-state index >= 15 is 0 Å². The summed E-state index contributed by atoms with van der Waals surface area (Å²) in [5, 5.41) is 15.2. The predicted octanol–water partition coefficient (Wildman–Crippen LogP) is 0.894. The molecular formula is C18H21N3O5. The van der Waals surface area contributed by atoms with Gasteiger partial charge in [0.15, 0.2) is 0 Å². The number of H-pyrrole nitrogens is 1. The van der Waals surface area contributed by atoms with E-state index in [0.717, 1.165) is 17.3 Å². The number of aromatic nitrogens is 1. The van der Waals surface area contributed by atoms with E-state index < -0.39 is 23.8 Å². The van der Waals surface area contributed by atoms with Crippen LogP contribution in [0, 0.1) is 5.92 Å². The minimum absolute atomic E-state index is 0.269. The van der Waals surface area contributed by atoms with Crippen LogP contribution in [0.4, 0.5) is 0 Å². The lowest BCUT2D eigenvalue weighted by molar-refractivity contribution is -0.145. The second-order valence-corrected chi connectivity index (χ2v) is 6.31. The van der Waals surface area contributed by atoms with Gasteiger partial charge in [-0.15, -0.1) is 0 Å². The fraction of sp³-hybridized carbons (Fsp3) is 0.389. The molecule has 26 heavy (non-hydrogen) atoms. The summed E-state index contributed by atoms with van der Waals surface area (Å²) < 4.78 is 5.29. The van der Waals surface area contributed by atoms with E-state index in [0.29, 0.717) is 25.3 Å². The molecule has 1 aliphatic rings. The van der Waals surface area contributed by atoms with Gasteiger partial charge in [0.2, 0.25) is 5.91 Å². The zero-order chi connectivity index (χ0) is 18.5. The molecule has 138 valence electrons. The topological polar surface area (TPSA) is 121 Å². The highest BCUT2D eigenvalue weighted by molar-refractivity contribution is 5.99. The van der Waals surface area contributed by atoms with Crippen molar-refractivity contribution < 1.29 is 24.2 Å². The highest BCUT2D eigenvalue weighted by atomic mass is 16.5. The molecule has 2 atom stereocenters. The third kappa shape index (κ3) is 4.20.